The van der Waals surface area contributed by atoms with Gasteiger partial charge in [0.25, 0.3) is 0 Å². The number of nitrogens with zero attached hydrogens (tertiary/aromatic N) is 1. The fourth-order valence-corrected chi connectivity index (χ4v) is 7.87. The molecular formula is C50H33NO. The molecule has 0 radical (unpaired) electrons. The van der Waals surface area contributed by atoms with Crippen LogP contribution in [0.1, 0.15) is 0 Å². The summed E-state index contributed by atoms with van der Waals surface area (Å²) in [5, 5.41) is 4.83. The largest absolute Gasteiger partial charge is 0.456 e. The highest BCUT2D eigenvalue weighted by molar-refractivity contribution is 6.10. The van der Waals surface area contributed by atoms with Gasteiger partial charge in [-0.05, 0) is 92.0 Å². The second-order valence-electron chi connectivity index (χ2n) is 13.3. The summed E-state index contributed by atoms with van der Waals surface area (Å²) in [4.78, 5) is 2.39. The third-order valence-electron chi connectivity index (χ3n) is 10.3. The molecule has 10 rings (SSSR count). The molecule has 0 fully saturated rings. The number of fused-ring (bicyclic) bond motifs is 3. The molecule has 0 bridgehead atoms. The van der Waals surface area contributed by atoms with Gasteiger partial charge in [0.15, 0.2) is 0 Å². The molecule has 0 atom stereocenters. The smallest absolute Gasteiger partial charge is 0.135 e. The van der Waals surface area contributed by atoms with Crippen LogP contribution < -0.4 is 9.64 Å². The summed E-state index contributed by atoms with van der Waals surface area (Å²) in [5.41, 5.74) is 12.7. The van der Waals surface area contributed by atoms with E-state index < -0.39 is 0 Å². The van der Waals surface area contributed by atoms with Crippen molar-refractivity contribution in [3.05, 3.63) is 200 Å². The molecule has 0 saturated carbocycles. The lowest BCUT2D eigenvalue weighted by molar-refractivity contribution is 0.487. The van der Waals surface area contributed by atoms with E-state index >= 15 is 0 Å². The van der Waals surface area contributed by atoms with Crippen LogP contribution in [-0.2, 0) is 0 Å². The molecule has 2 heteroatoms. The first kappa shape index (κ1) is 30.0. The summed E-state index contributed by atoms with van der Waals surface area (Å²) >= 11 is 0. The van der Waals surface area contributed by atoms with Crippen LogP contribution in [0.4, 0.5) is 17.1 Å². The number of ether oxygens (including phenoxy) is 1. The van der Waals surface area contributed by atoms with Crippen molar-refractivity contribution in [2.75, 3.05) is 4.90 Å². The summed E-state index contributed by atoms with van der Waals surface area (Å²) in [6, 6.07) is 71.7. The minimum atomic E-state index is 0.897. The van der Waals surface area contributed by atoms with E-state index in [1.807, 2.05) is 12.1 Å². The topological polar surface area (TPSA) is 12.5 Å². The van der Waals surface area contributed by atoms with E-state index in [0.717, 1.165) is 45.1 Å². The lowest BCUT2D eigenvalue weighted by atomic mass is 9.90. The molecule has 1 aliphatic rings. The van der Waals surface area contributed by atoms with E-state index in [1.54, 1.807) is 0 Å². The molecule has 0 saturated heterocycles. The number of rotatable bonds is 6. The molecule has 2 nitrogen and oxygen atoms in total. The number of benzene rings is 9. The Balaban J connectivity index is 1.14. The average molecular weight is 664 g/mol. The van der Waals surface area contributed by atoms with Crippen LogP contribution in [0.15, 0.2) is 200 Å². The van der Waals surface area contributed by atoms with E-state index in [1.165, 1.54) is 49.5 Å². The first-order valence-electron chi connectivity index (χ1n) is 17.8. The van der Waals surface area contributed by atoms with Gasteiger partial charge in [0.05, 0.1) is 5.69 Å². The van der Waals surface area contributed by atoms with Crippen molar-refractivity contribution in [1.82, 2.24) is 0 Å². The van der Waals surface area contributed by atoms with Crippen LogP contribution in [0.2, 0.25) is 0 Å². The van der Waals surface area contributed by atoms with E-state index in [0.29, 0.717) is 0 Å². The van der Waals surface area contributed by atoms with Crippen molar-refractivity contribution in [3.63, 3.8) is 0 Å². The molecule has 0 unspecified atom stereocenters. The number of hydrogen-bond donors (Lipinski definition) is 0. The van der Waals surface area contributed by atoms with Gasteiger partial charge in [0.2, 0.25) is 0 Å². The maximum absolute atomic E-state index is 6.43. The van der Waals surface area contributed by atoms with Crippen molar-refractivity contribution in [2.24, 2.45) is 0 Å². The Morgan fingerprint density at radius 3 is 1.85 bits per heavy atom. The van der Waals surface area contributed by atoms with Crippen molar-refractivity contribution < 1.29 is 4.74 Å². The maximum Gasteiger partial charge on any atom is 0.135 e. The molecule has 0 aliphatic carbocycles. The van der Waals surface area contributed by atoms with Crippen molar-refractivity contribution in [1.29, 1.82) is 0 Å². The van der Waals surface area contributed by atoms with Gasteiger partial charge in [-0.15, -0.1) is 0 Å². The predicted octanol–water partition coefficient (Wildman–Crippen LogP) is 14.2. The summed E-state index contributed by atoms with van der Waals surface area (Å²) in [7, 11) is 0. The monoisotopic (exact) mass is 663 g/mol. The fourth-order valence-electron chi connectivity index (χ4n) is 7.87. The fraction of sp³-hybridized carbons (Fsp3) is 0. The summed E-state index contributed by atoms with van der Waals surface area (Å²) in [5.74, 6) is 1.80. The van der Waals surface area contributed by atoms with E-state index in [4.69, 9.17) is 4.74 Å². The molecule has 9 aromatic carbocycles. The lowest BCUT2D eigenvalue weighted by Crippen LogP contribution is -2.11. The third kappa shape index (κ3) is 5.04. The minimum absolute atomic E-state index is 0.897. The first-order valence-corrected chi connectivity index (χ1v) is 17.8. The van der Waals surface area contributed by atoms with Crippen molar-refractivity contribution in [2.45, 2.75) is 0 Å². The summed E-state index contributed by atoms with van der Waals surface area (Å²) < 4.78 is 6.43. The van der Waals surface area contributed by atoms with E-state index in [2.05, 4.69) is 193 Å². The molecular weight excluding hydrogens is 631 g/mol. The summed E-state index contributed by atoms with van der Waals surface area (Å²) in [6.45, 7) is 0. The maximum atomic E-state index is 6.43. The van der Waals surface area contributed by atoms with Crippen LogP contribution in [0.25, 0.3) is 66.1 Å². The Morgan fingerprint density at radius 2 is 0.942 bits per heavy atom. The highest BCUT2D eigenvalue weighted by Gasteiger charge is 2.22. The van der Waals surface area contributed by atoms with Crippen LogP contribution >= 0.6 is 0 Å². The van der Waals surface area contributed by atoms with Gasteiger partial charge >= 0.3 is 0 Å². The second kappa shape index (κ2) is 12.5. The zero-order chi connectivity index (χ0) is 34.4. The zero-order valence-corrected chi connectivity index (χ0v) is 28.4. The number of hydrogen-bond acceptors (Lipinski definition) is 2. The molecule has 0 aromatic heterocycles. The van der Waals surface area contributed by atoms with Gasteiger partial charge in [-0.3, -0.25) is 0 Å². The van der Waals surface area contributed by atoms with Crippen LogP contribution in [0, 0.1) is 0 Å². The molecule has 9 aromatic rings. The predicted molar refractivity (Wildman–Crippen MR) is 218 cm³/mol. The molecule has 0 N–H and O–H groups in total. The van der Waals surface area contributed by atoms with Crippen molar-refractivity contribution in [3.8, 4) is 56.0 Å². The Bertz CT molecular complexity index is 2760. The lowest BCUT2D eigenvalue weighted by Gasteiger charge is -2.29. The number of para-hydroxylation sites is 2. The van der Waals surface area contributed by atoms with Crippen LogP contribution in [0.3, 0.4) is 0 Å². The van der Waals surface area contributed by atoms with Crippen LogP contribution in [-0.4, -0.2) is 0 Å². The van der Waals surface area contributed by atoms with Gasteiger partial charge in [-0.25, -0.2) is 0 Å². The Labute approximate surface area is 303 Å². The molecule has 0 amide bonds. The minimum Gasteiger partial charge on any atom is -0.456 e. The zero-order valence-electron chi connectivity index (χ0n) is 28.4. The normalized spacial score (nSPS) is 11.6. The van der Waals surface area contributed by atoms with E-state index in [9.17, 15) is 0 Å². The first-order chi connectivity index (χ1) is 25.8. The van der Waals surface area contributed by atoms with Gasteiger partial charge in [-0.1, -0.05) is 158 Å². The molecule has 52 heavy (non-hydrogen) atoms. The average Bonchev–Trinajstić information content (AvgIpc) is 3.22. The van der Waals surface area contributed by atoms with Gasteiger partial charge in [-0.2, -0.15) is 0 Å². The Kier molecular flexibility index (Phi) is 7.18. The molecule has 0 spiro atoms. The van der Waals surface area contributed by atoms with Crippen molar-refractivity contribution >= 4 is 38.6 Å². The quantitative estimate of drug-likeness (QED) is 0.176. The standard InChI is InChI=1S/C50H33NO/c1-2-13-35(14-3-1)43-20-6-8-25-47(43)51(38-29-27-36(28-30-38)41-22-11-16-34-15-4-5-19-40(34)41)39-18-10-17-37(33-39)42-31-32-49-50-45(42)23-12-24-46(50)44-21-7-9-26-48(44)52-49/h1-33H. The summed E-state index contributed by atoms with van der Waals surface area (Å²) in [6.07, 6.45) is 0. The molecule has 1 aliphatic heterocycles. The third-order valence-corrected chi connectivity index (χ3v) is 10.3. The van der Waals surface area contributed by atoms with E-state index in [-0.39, 0.29) is 0 Å². The molecule has 1 heterocycles. The van der Waals surface area contributed by atoms with Gasteiger partial charge < -0.3 is 9.64 Å². The number of anilines is 3. The second-order valence-corrected chi connectivity index (χ2v) is 13.3. The SMILES string of the molecule is c1ccc(-c2ccccc2N(c2ccc(-c3cccc4ccccc34)cc2)c2cccc(-c3ccc4c5c(cccc35)-c3ccccc3O4)c2)cc1. The van der Waals surface area contributed by atoms with Gasteiger partial charge in [0.1, 0.15) is 11.5 Å². The Morgan fingerprint density at radius 1 is 0.327 bits per heavy atom. The highest BCUT2D eigenvalue weighted by atomic mass is 16.5. The molecule has 244 valence electrons. The van der Waals surface area contributed by atoms with Gasteiger partial charge in [0, 0.05) is 27.9 Å². The Hall–Kier alpha value is -6.90. The van der Waals surface area contributed by atoms with Crippen LogP contribution in [0.5, 0.6) is 11.5 Å². The highest BCUT2D eigenvalue weighted by Crippen LogP contribution is 2.49.